The zero-order valence-electron chi connectivity index (χ0n) is 9.91. The van der Waals surface area contributed by atoms with Crippen molar-refractivity contribution in [2.45, 2.75) is 45.6 Å². The molecule has 0 aromatic rings. The summed E-state index contributed by atoms with van der Waals surface area (Å²) in [6.07, 6.45) is 4.34. The Bertz CT molecular complexity index is 174. The van der Waals surface area contributed by atoms with Crippen molar-refractivity contribution in [2.75, 3.05) is 19.7 Å². The first-order valence-electron chi connectivity index (χ1n) is 5.71. The second kappa shape index (κ2) is 9.07. The van der Waals surface area contributed by atoms with Crippen LogP contribution in [0.25, 0.3) is 0 Å². The third-order valence-electron chi connectivity index (χ3n) is 2.44. The molecule has 0 bridgehead atoms. The van der Waals surface area contributed by atoms with Crippen LogP contribution in [0, 0.1) is 0 Å². The highest BCUT2D eigenvalue weighted by Crippen LogP contribution is 2.04. The fourth-order valence-electron chi connectivity index (χ4n) is 1.50. The molecule has 3 nitrogen and oxygen atoms in total. The number of unbranched alkanes of at least 4 members (excludes halogenated alkanes) is 3. The highest BCUT2D eigenvalue weighted by molar-refractivity contribution is 7.80. The first-order chi connectivity index (χ1) is 7.07. The molecule has 0 spiro atoms. The summed E-state index contributed by atoms with van der Waals surface area (Å²) in [6, 6.07) is 0.490. The van der Waals surface area contributed by atoms with Crippen LogP contribution in [-0.2, 0) is 0 Å². The average molecular weight is 232 g/mol. The van der Waals surface area contributed by atoms with Crippen LogP contribution >= 0.6 is 12.2 Å². The summed E-state index contributed by atoms with van der Waals surface area (Å²) >= 11 is 4.91. The number of hydrogen-bond acceptors (Lipinski definition) is 3. The zero-order valence-corrected chi connectivity index (χ0v) is 10.7. The minimum absolute atomic E-state index is 0.306. The van der Waals surface area contributed by atoms with Crippen molar-refractivity contribution >= 4 is 17.2 Å². The average Bonchev–Trinajstić information content (AvgIpc) is 2.15. The number of aliphatic hydroxyl groups is 1. The summed E-state index contributed by atoms with van der Waals surface area (Å²) in [5.41, 5.74) is 5.54. The lowest BCUT2D eigenvalue weighted by Gasteiger charge is -2.25. The van der Waals surface area contributed by atoms with Crippen molar-refractivity contribution in [1.29, 1.82) is 0 Å². The fraction of sp³-hybridized carbons (Fsp3) is 0.909. The molecule has 0 aliphatic carbocycles. The van der Waals surface area contributed by atoms with Gasteiger partial charge < -0.3 is 10.8 Å². The SMILES string of the molecule is CC(C)N(CCCCCCO)CC(N)=S. The Labute approximate surface area is 98.6 Å². The largest absolute Gasteiger partial charge is 0.396 e. The number of thiocarbonyl (C=S) groups is 1. The van der Waals surface area contributed by atoms with Gasteiger partial charge in [-0.15, -0.1) is 0 Å². The van der Waals surface area contributed by atoms with E-state index in [1.807, 2.05) is 0 Å². The van der Waals surface area contributed by atoms with Gasteiger partial charge in [0.05, 0.1) is 4.99 Å². The predicted octanol–water partition coefficient (Wildman–Crippen LogP) is 1.54. The quantitative estimate of drug-likeness (QED) is 0.468. The topological polar surface area (TPSA) is 49.5 Å². The van der Waals surface area contributed by atoms with Crippen molar-refractivity contribution in [3.63, 3.8) is 0 Å². The van der Waals surface area contributed by atoms with Crippen LogP contribution in [0.3, 0.4) is 0 Å². The Hall–Kier alpha value is -0.190. The molecule has 0 fully saturated rings. The molecule has 4 heteroatoms. The van der Waals surface area contributed by atoms with E-state index in [1.54, 1.807) is 0 Å². The Morgan fingerprint density at radius 1 is 1.27 bits per heavy atom. The van der Waals surface area contributed by atoms with E-state index in [1.165, 1.54) is 6.42 Å². The molecule has 0 saturated carbocycles. The van der Waals surface area contributed by atoms with Gasteiger partial charge in [0.15, 0.2) is 0 Å². The lowest BCUT2D eigenvalue weighted by atomic mass is 10.2. The first kappa shape index (κ1) is 14.8. The number of nitrogens with two attached hydrogens (primary N) is 1. The minimum atomic E-state index is 0.306. The highest BCUT2D eigenvalue weighted by Gasteiger charge is 2.09. The molecule has 0 unspecified atom stereocenters. The lowest BCUT2D eigenvalue weighted by molar-refractivity contribution is 0.243. The molecule has 0 rings (SSSR count). The van der Waals surface area contributed by atoms with Gasteiger partial charge in [-0.1, -0.05) is 25.1 Å². The summed E-state index contributed by atoms with van der Waals surface area (Å²) in [6.45, 7) is 6.38. The summed E-state index contributed by atoms with van der Waals surface area (Å²) in [5.74, 6) is 0. The van der Waals surface area contributed by atoms with Crippen LogP contribution in [0.5, 0.6) is 0 Å². The maximum absolute atomic E-state index is 8.64. The molecule has 3 N–H and O–H groups in total. The molecule has 0 aliphatic heterocycles. The van der Waals surface area contributed by atoms with Gasteiger partial charge in [-0.25, -0.2) is 0 Å². The lowest BCUT2D eigenvalue weighted by Crippen LogP contribution is -2.38. The second-order valence-electron chi connectivity index (χ2n) is 4.17. The summed E-state index contributed by atoms with van der Waals surface area (Å²) in [4.78, 5) is 2.86. The molecular weight excluding hydrogens is 208 g/mol. The maximum Gasteiger partial charge on any atom is 0.0870 e. The van der Waals surface area contributed by atoms with E-state index in [0.29, 0.717) is 24.2 Å². The Morgan fingerprint density at radius 3 is 2.33 bits per heavy atom. The number of rotatable bonds is 9. The zero-order chi connectivity index (χ0) is 11.7. The van der Waals surface area contributed by atoms with Crippen LogP contribution in [0.2, 0.25) is 0 Å². The maximum atomic E-state index is 8.64. The van der Waals surface area contributed by atoms with Crippen molar-refractivity contribution in [1.82, 2.24) is 4.90 Å². The molecule has 0 amide bonds. The van der Waals surface area contributed by atoms with E-state index in [2.05, 4.69) is 18.7 Å². The number of nitrogens with zero attached hydrogens (tertiary/aromatic N) is 1. The van der Waals surface area contributed by atoms with E-state index in [4.69, 9.17) is 23.1 Å². The van der Waals surface area contributed by atoms with Crippen molar-refractivity contribution in [2.24, 2.45) is 5.73 Å². The molecule has 0 heterocycles. The number of hydrogen-bond donors (Lipinski definition) is 2. The van der Waals surface area contributed by atoms with Gasteiger partial charge in [0.2, 0.25) is 0 Å². The van der Waals surface area contributed by atoms with Crippen LogP contribution in [0.1, 0.15) is 39.5 Å². The van der Waals surface area contributed by atoms with E-state index in [-0.39, 0.29) is 0 Å². The molecule has 0 aliphatic rings. The molecule has 90 valence electrons. The van der Waals surface area contributed by atoms with Crippen LogP contribution in [-0.4, -0.2) is 40.7 Å². The molecule has 0 aromatic heterocycles. The van der Waals surface area contributed by atoms with Crippen LogP contribution < -0.4 is 5.73 Å². The molecule has 0 aromatic carbocycles. The Kier molecular flexibility index (Phi) is 8.95. The second-order valence-corrected chi connectivity index (χ2v) is 4.69. The van der Waals surface area contributed by atoms with Crippen molar-refractivity contribution in [3.8, 4) is 0 Å². The van der Waals surface area contributed by atoms with E-state index < -0.39 is 0 Å². The summed E-state index contributed by atoms with van der Waals surface area (Å²) in [5, 5.41) is 8.64. The first-order valence-corrected chi connectivity index (χ1v) is 6.12. The third kappa shape index (κ3) is 8.78. The van der Waals surface area contributed by atoms with E-state index >= 15 is 0 Å². The molecular formula is C11H24N2OS. The minimum Gasteiger partial charge on any atom is -0.396 e. The Balaban J connectivity index is 3.62. The standard InChI is InChI=1S/C11H24N2OS/c1-10(2)13(9-11(12)15)7-5-3-4-6-8-14/h10,14H,3-9H2,1-2H3,(H2,12,15). The molecule has 0 radical (unpaired) electrons. The monoisotopic (exact) mass is 232 g/mol. The van der Waals surface area contributed by atoms with Gasteiger partial charge in [0.1, 0.15) is 0 Å². The summed E-state index contributed by atoms with van der Waals surface area (Å²) < 4.78 is 0. The van der Waals surface area contributed by atoms with Gasteiger partial charge in [-0.2, -0.15) is 0 Å². The highest BCUT2D eigenvalue weighted by atomic mass is 32.1. The van der Waals surface area contributed by atoms with Crippen molar-refractivity contribution < 1.29 is 5.11 Å². The van der Waals surface area contributed by atoms with Gasteiger partial charge in [-0.3, -0.25) is 4.90 Å². The van der Waals surface area contributed by atoms with E-state index in [9.17, 15) is 0 Å². The third-order valence-corrected chi connectivity index (χ3v) is 2.57. The van der Waals surface area contributed by atoms with Gasteiger partial charge >= 0.3 is 0 Å². The van der Waals surface area contributed by atoms with Gasteiger partial charge in [0.25, 0.3) is 0 Å². The van der Waals surface area contributed by atoms with E-state index in [0.717, 1.165) is 25.8 Å². The van der Waals surface area contributed by atoms with Crippen LogP contribution in [0.4, 0.5) is 0 Å². The van der Waals surface area contributed by atoms with Crippen LogP contribution in [0.15, 0.2) is 0 Å². The fourth-order valence-corrected chi connectivity index (χ4v) is 1.67. The van der Waals surface area contributed by atoms with Crippen molar-refractivity contribution in [3.05, 3.63) is 0 Å². The molecule has 0 atom stereocenters. The predicted molar refractivity (Wildman–Crippen MR) is 69.0 cm³/mol. The summed E-state index contributed by atoms with van der Waals surface area (Å²) in [7, 11) is 0. The van der Waals surface area contributed by atoms with Gasteiger partial charge in [-0.05, 0) is 33.2 Å². The normalized spacial score (nSPS) is 11.3. The molecule has 15 heavy (non-hydrogen) atoms. The van der Waals surface area contributed by atoms with Gasteiger partial charge in [0, 0.05) is 19.2 Å². The smallest absolute Gasteiger partial charge is 0.0870 e. The molecule has 0 saturated heterocycles. The number of aliphatic hydroxyl groups excluding tert-OH is 1. The Morgan fingerprint density at radius 2 is 1.87 bits per heavy atom.